The molecule has 0 spiro atoms. The van der Waals surface area contributed by atoms with Gasteiger partial charge in [0.1, 0.15) is 0 Å². The van der Waals surface area contributed by atoms with E-state index in [2.05, 4.69) is 226 Å². The summed E-state index contributed by atoms with van der Waals surface area (Å²) in [4.78, 5) is 0. The van der Waals surface area contributed by atoms with E-state index in [1.807, 2.05) is 6.07 Å². The topological polar surface area (TPSA) is 0 Å². The van der Waals surface area contributed by atoms with Crippen LogP contribution in [0, 0.1) is 6.07 Å². The number of hydrogen-bond acceptors (Lipinski definition) is 0. The van der Waals surface area contributed by atoms with E-state index in [4.69, 9.17) is 17.0 Å². The minimum Gasteiger partial charge on any atom is -0.184 e. The van der Waals surface area contributed by atoms with Crippen LogP contribution in [0.5, 0.6) is 0 Å². The van der Waals surface area contributed by atoms with Crippen LogP contribution in [0.25, 0.3) is 77.2 Å². The summed E-state index contributed by atoms with van der Waals surface area (Å²) in [5.41, 5.74) is 16.2. The quantitative estimate of drug-likeness (QED) is 0.0946. The van der Waals surface area contributed by atoms with Crippen LogP contribution in [0.4, 0.5) is 0 Å². The van der Waals surface area contributed by atoms with Gasteiger partial charge in [0.15, 0.2) is 0 Å². The summed E-state index contributed by atoms with van der Waals surface area (Å²) in [6.07, 6.45) is 7.32. The van der Waals surface area contributed by atoms with Gasteiger partial charge in [0, 0.05) is 0 Å². The Hall–Kier alpha value is -5.34. The van der Waals surface area contributed by atoms with Crippen molar-refractivity contribution in [3.8, 4) is 55.6 Å². The Morgan fingerprint density at radius 1 is 0.455 bits per heavy atom. The number of benzene rings is 8. The summed E-state index contributed by atoms with van der Waals surface area (Å²) in [7, 11) is 10.7. The zero-order valence-corrected chi connectivity index (χ0v) is 42.7. The molecule has 0 fully saturated rings. The van der Waals surface area contributed by atoms with Gasteiger partial charge in [-0.1, -0.05) is 219 Å². The van der Waals surface area contributed by atoms with Gasteiger partial charge in [0.25, 0.3) is 0 Å². The first-order valence-electron chi connectivity index (χ1n) is 23.1. The fourth-order valence-electron chi connectivity index (χ4n) is 9.01. The number of unbranched alkanes of at least 4 members (excludes halogenated alkanes) is 2. The summed E-state index contributed by atoms with van der Waals surface area (Å²) < 4.78 is 0. The van der Waals surface area contributed by atoms with Crippen LogP contribution in [0.2, 0.25) is 0 Å². The molecule has 326 valence electrons. The van der Waals surface area contributed by atoms with Crippen LogP contribution in [0.15, 0.2) is 212 Å². The second kappa shape index (κ2) is 23.9. The SMILES string of the molecule is CCCCc1cc2c(-c3ccccc3)c(-c3ccccc3)ccc2[cH-]1.CCCCc1cc2c(-c3ccccc3)c(-c3ccccc3)ccc2[cH-]1.[Cl][Zr][Cl].[c-]1cccc2c1[Si]c1ccccc1-2. The molecule has 2 radical (unpaired) electrons. The predicted octanol–water partition coefficient (Wildman–Crippen LogP) is 17.0. The van der Waals surface area contributed by atoms with E-state index >= 15 is 0 Å². The van der Waals surface area contributed by atoms with E-state index in [0.29, 0.717) is 0 Å². The van der Waals surface area contributed by atoms with E-state index in [-0.39, 0.29) is 0 Å². The molecule has 1 heterocycles. The second-order valence-electron chi connectivity index (χ2n) is 16.6. The van der Waals surface area contributed by atoms with Gasteiger partial charge in [0.2, 0.25) is 0 Å². The fraction of sp³-hybridized carbons (Fsp3) is 0.129. The van der Waals surface area contributed by atoms with Gasteiger partial charge < -0.3 is 0 Å². The van der Waals surface area contributed by atoms with Crippen LogP contribution >= 0.6 is 17.0 Å². The summed E-state index contributed by atoms with van der Waals surface area (Å²) in [5.74, 6) is 0. The van der Waals surface area contributed by atoms with Crippen LogP contribution in [0.3, 0.4) is 0 Å². The van der Waals surface area contributed by atoms with Crippen molar-refractivity contribution in [1.29, 1.82) is 0 Å². The van der Waals surface area contributed by atoms with E-state index in [1.54, 1.807) is 0 Å². The van der Waals surface area contributed by atoms with E-state index in [0.717, 1.165) is 9.52 Å². The molecule has 0 saturated heterocycles. The number of halogens is 2. The van der Waals surface area contributed by atoms with E-state index in [9.17, 15) is 0 Å². The molecular formula is C62H53Cl2SiZr-3. The molecule has 0 atom stereocenters. The summed E-state index contributed by atoms with van der Waals surface area (Å²) in [6.45, 7) is 4.51. The zero-order valence-electron chi connectivity index (χ0n) is 37.7. The summed E-state index contributed by atoms with van der Waals surface area (Å²) in [5, 5.41) is 8.27. The maximum absolute atomic E-state index is 4.93. The Bertz CT molecular complexity index is 2850. The van der Waals surface area contributed by atoms with Crippen molar-refractivity contribution in [1.82, 2.24) is 0 Å². The van der Waals surface area contributed by atoms with Gasteiger partial charge in [-0.3, -0.25) is 0 Å². The maximum atomic E-state index is 4.93. The Kier molecular flexibility index (Phi) is 17.1. The standard InChI is InChI=1S/2C25H23.C12H7Si.2ClH.Zr/c2*1-2-3-10-19-17-22-15-16-23(20-11-6-4-7-12-20)25(24(22)18-19)21-13-8-5-9-14-21;1-3-7-11-9(5-1)10-6-2-4-8-12(10)13-11;;;/h2*4-9,11-18H,2-3,10H2,1H3;1-7H;2*1H;/q3*-1;;;+2/p-2. The molecule has 0 unspecified atom stereocenters. The molecule has 11 rings (SSSR count). The molecule has 0 saturated carbocycles. The van der Waals surface area contributed by atoms with Gasteiger partial charge >= 0.3 is 37.9 Å². The van der Waals surface area contributed by atoms with Crippen LogP contribution in [-0.4, -0.2) is 9.52 Å². The fourth-order valence-corrected chi connectivity index (χ4v) is 10.3. The molecule has 1 aliphatic rings. The third-order valence-corrected chi connectivity index (χ3v) is 13.5. The Balaban J connectivity index is 0.000000136. The third kappa shape index (κ3) is 11.4. The van der Waals surface area contributed by atoms with Crippen molar-refractivity contribution in [3.63, 3.8) is 0 Å². The Labute approximate surface area is 413 Å². The van der Waals surface area contributed by atoms with Crippen molar-refractivity contribution >= 4 is 58.5 Å². The number of fused-ring (bicyclic) bond motifs is 5. The van der Waals surface area contributed by atoms with Gasteiger partial charge in [-0.15, -0.1) is 62.5 Å². The smallest absolute Gasteiger partial charge is 0.0920 e. The molecule has 1 aliphatic heterocycles. The number of hydrogen-bond donors (Lipinski definition) is 0. The molecule has 66 heavy (non-hydrogen) atoms. The molecule has 10 aromatic carbocycles. The Morgan fingerprint density at radius 3 is 1.32 bits per heavy atom. The molecule has 0 bridgehead atoms. The van der Waals surface area contributed by atoms with Gasteiger partial charge in [0.05, 0.1) is 9.52 Å². The zero-order chi connectivity index (χ0) is 45.5. The van der Waals surface area contributed by atoms with Crippen molar-refractivity contribution in [2.24, 2.45) is 0 Å². The first kappa shape index (κ1) is 47.2. The number of rotatable bonds is 10. The van der Waals surface area contributed by atoms with Crippen molar-refractivity contribution in [2.75, 3.05) is 0 Å². The van der Waals surface area contributed by atoms with Crippen LogP contribution in [-0.2, 0) is 33.7 Å². The van der Waals surface area contributed by atoms with Gasteiger partial charge in [-0.25, -0.2) is 0 Å². The number of aryl methyl sites for hydroxylation is 2. The Morgan fingerprint density at radius 2 is 0.864 bits per heavy atom. The average Bonchev–Trinajstić information content (AvgIpc) is 4.11. The first-order chi connectivity index (χ1) is 32.6. The normalized spacial score (nSPS) is 11.0. The molecule has 10 aromatic rings. The third-order valence-electron chi connectivity index (χ3n) is 12.2. The van der Waals surface area contributed by atoms with E-state index < -0.39 is 20.8 Å². The largest absolute Gasteiger partial charge is 0.184 e. The predicted molar refractivity (Wildman–Crippen MR) is 285 cm³/mol. The minimum absolute atomic E-state index is 0.795. The average molecular weight is 988 g/mol. The molecule has 4 heteroatoms. The molecular weight excluding hydrogens is 935 g/mol. The summed E-state index contributed by atoms with van der Waals surface area (Å²) in [6, 6.07) is 79.8. The van der Waals surface area contributed by atoms with Crippen LogP contribution < -0.4 is 10.4 Å². The van der Waals surface area contributed by atoms with E-state index in [1.165, 1.54) is 137 Å². The molecule has 0 nitrogen and oxygen atoms in total. The maximum Gasteiger partial charge on any atom is 0.0920 e. The van der Waals surface area contributed by atoms with Crippen molar-refractivity contribution in [2.45, 2.75) is 52.4 Å². The molecule has 0 aromatic heterocycles. The first-order valence-corrected chi connectivity index (χ1v) is 30.4. The minimum atomic E-state index is -0.826. The molecule has 0 amide bonds. The monoisotopic (exact) mass is 985 g/mol. The van der Waals surface area contributed by atoms with Crippen molar-refractivity contribution in [3.05, 3.63) is 230 Å². The summed E-state index contributed by atoms with van der Waals surface area (Å²) >= 11 is -0.826. The molecule has 0 N–H and O–H groups in total. The van der Waals surface area contributed by atoms with Gasteiger partial charge in [-0.05, 0) is 46.2 Å². The van der Waals surface area contributed by atoms with Crippen molar-refractivity contribution < 1.29 is 20.8 Å². The second-order valence-corrected chi connectivity index (χ2v) is 21.6. The van der Waals surface area contributed by atoms with Gasteiger partial charge in [-0.2, -0.15) is 41.6 Å². The molecule has 0 aliphatic carbocycles. The van der Waals surface area contributed by atoms with Crippen LogP contribution in [0.1, 0.15) is 50.7 Å².